The Bertz CT molecular complexity index is 302. The largest absolute Gasteiger partial charge is 0.276 e. The van der Waals surface area contributed by atoms with Crippen LogP contribution in [-0.4, -0.2) is 24.0 Å². The normalized spacial score (nSPS) is 13.4. The molecule has 0 N–H and O–H groups in total. The van der Waals surface area contributed by atoms with Crippen LogP contribution in [0.25, 0.3) is 0 Å². The van der Waals surface area contributed by atoms with Crippen LogP contribution < -0.4 is 0 Å². The number of rotatable bonds is 1. The van der Waals surface area contributed by atoms with Crippen LogP contribution in [0.1, 0.15) is 5.82 Å². The highest BCUT2D eigenvalue weighted by Crippen LogP contribution is 2.48. The lowest BCUT2D eigenvalue weighted by atomic mass is 10.7. The summed E-state index contributed by atoms with van der Waals surface area (Å²) in [5.41, 5.74) is 0. The average molecular weight is 284 g/mol. The maximum Gasteiger partial charge on any atom is 0.276 e. The molecule has 0 radical (unpaired) electrons. The molecule has 0 aromatic carbocycles. The SMILES string of the molecule is Cc1nnn(C(Cl)(Cl)C(Cl)(Cl)Cl)n1. The van der Waals surface area contributed by atoms with Gasteiger partial charge in [0.05, 0.1) is 0 Å². The monoisotopic (exact) mass is 282 g/mol. The minimum atomic E-state index is -1.94. The first-order chi connectivity index (χ1) is 5.75. The molecule has 1 aromatic rings. The van der Waals surface area contributed by atoms with E-state index in [1.54, 1.807) is 6.92 Å². The molecule has 74 valence electrons. The predicted octanol–water partition coefficient (Wildman–Crippen LogP) is 2.44. The van der Waals surface area contributed by atoms with Gasteiger partial charge in [-0.1, -0.05) is 58.0 Å². The number of aryl methyl sites for hydroxylation is 1. The zero-order valence-electron chi connectivity index (χ0n) is 6.18. The first-order valence-electron chi connectivity index (χ1n) is 2.97. The van der Waals surface area contributed by atoms with Crippen molar-refractivity contribution in [3.05, 3.63) is 5.82 Å². The van der Waals surface area contributed by atoms with Gasteiger partial charge in [0.1, 0.15) is 0 Å². The summed E-state index contributed by atoms with van der Waals surface area (Å²) in [6.07, 6.45) is 0. The minimum Gasteiger partial charge on any atom is -0.134 e. The topological polar surface area (TPSA) is 43.6 Å². The van der Waals surface area contributed by atoms with Gasteiger partial charge in [-0.05, 0) is 12.1 Å². The van der Waals surface area contributed by atoms with E-state index in [-0.39, 0.29) is 0 Å². The van der Waals surface area contributed by atoms with Gasteiger partial charge in [-0.2, -0.15) is 0 Å². The van der Waals surface area contributed by atoms with E-state index in [0.717, 1.165) is 4.80 Å². The quantitative estimate of drug-likeness (QED) is 0.744. The maximum atomic E-state index is 5.72. The molecule has 0 saturated carbocycles. The third kappa shape index (κ3) is 2.30. The number of tetrazole rings is 1. The van der Waals surface area contributed by atoms with Crippen LogP contribution in [-0.2, 0) is 4.46 Å². The van der Waals surface area contributed by atoms with Crippen molar-refractivity contribution < 1.29 is 0 Å². The molecule has 0 saturated heterocycles. The van der Waals surface area contributed by atoms with E-state index in [1.165, 1.54) is 0 Å². The van der Waals surface area contributed by atoms with E-state index in [9.17, 15) is 0 Å². The molecule has 1 rings (SSSR count). The van der Waals surface area contributed by atoms with E-state index in [0.29, 0.717) is 5.82 Å². The van der Waals surface area contributed by atoms with Crippen LogP contribution in [0.3, 0.4) is 0 Å². The number of alkyl halides is 5. The highest BCUT2D eigenvalue weighted by molar-refractivity contribution is 6.74. The first-order valence-corrected chi connectivity index (χ1v) is 4.86. The summed E-state index contributed by atoms with van der Waals surface area (Å²) in [6, 6.07) is 0. The molecule has 0 aliphatic carbocycles. The van der Waals surface area contributed by atoms with Crippen molar-refractivity contribution in [3.8, 4) is 0 Å². The molecule has 0 amide bonds. The summed E-state index contributed by atoms with van der Waals surface area (Å²) >= 11 is 28.0. The van der Waals surface area contributed by atoms with E-state index in [1.807, 2.05) is 0 Å². The van der Waals surface area contributed by atoms with Gasteiger partial charge in [0.25, 0.3) is 4.46 Å². The molecule has 9 heteroatoms. The lowest BCUT2D eigenvalue weighted by Crippen LogP contribution is -2.36. The Balaban J connectivity index is 3.07. The molecule has 0 aliphatic rings. The van der Waals surface area contributed by atoms with Crippen molar-refractivity contribution >= 4 is 58.0 Å². The standard InChI is InChI=1S/C4H3Cl5N4/c1-2-10-12-13(11-2)4(8,9)3(5,6)7/h1H3. The summed E-state index contributed by atoms with van der Waals surface area (Å²) in [6.45, 7) is 1.60. The van der Waals surface area contributed by atoms with Crippen LogP contribution in [0, 0.1) is 6.92 Å². The Morgan fingerprint density at radius 2 is 1.69 bits per heavy atom. The Kier molecular flexibility index (Phi) is 3.20. The number of hydrogen-bond donors (Lipinski definition) is 0. The number of hydrogen-bond acceptors (Lipinski definition) is 3. The molecule has 0 atom stereocenters. The van der Waals surface area contributed by atoms with Crippen LogP contribution in [0.4, 0.5) is 0 Å². The molecular formula is C4H3Cl5N4. The average Bonchev–Trinajstić information content (AvgIpc) is 2.33. The second-order valence-electron chi connectivity index (χ2n) is 2.17. The van der Waals surface area contributed by atoms with Gasteiger partial charge in [-0.3, -0.25) is 0 Å². The van der Waals surface area contributed by atoms with Gasteiger partial charge < -0.3 is 0 Å². The van der Waals surface area contributed by atoms with Crippen molar-refractivity contribution in [1.29, 1.82) is 0 Å². The van der Waals surface area contributed by atoms with Gasteiger partial charge >= 0.3 is 0 Å². The van der Waals surface area contributed by atoms with Crippen LogP contribution in [0.5, 0.6) is 0 Å². The highest BCUT2D eigenvalue weighted by atomic mass is 35.6. The Hall–Kier alpha value is 0.520. The Labute approximate surface area is 99.0 Å². The summed E-state index contributed by atoms with van der Waals surface area (Å²) in [5, 5.41) is 10.8. The summed E-state index contributed by atoms with van der Waals surface area (Å²) < 4.78 is -3.82. The van der Waals surface area contributed by atoms with E-state index < -0.39 is 8.25 Å². The fourth-order valence-corrected chi connectivity index (χ4v) is 0.887. The van der Waals surface area contributed by atoms with E-state index in [4.69, 9.17) is 58.0 Å². The summed E-state index contributed by atoms with van der Waals surface area (Å²) in [7, 11) is 0. The van der Waals surface area contributed by atoms with Gasteiger partial charge in [0.15, 0.2) is 5.82 Å². The maximum absolute atomic E-state index is 5.72. The number of nitrogens with zero attached hydrogens (tertiary/aromatic N) is 4. The minimum absolute atomic E-state index is 0.375. The van der Waals surface area contributed by atoms with Crippen molar-refractivity contribution in [3.63, 3.8) is 0 Å². The van der Waals surface area contributed by atoms with Gasteiger partial charge in [-0.25, -0.2) is 0 Å². The number of aromatic nitrogens is 4. The zero-order valence-corrected chi connectivity index (χ0v) is 9.96. The Morgan fingerprint density at radius 1 is 1.15 bits per heavy atom. The van der Waals surface area contributed by atoms with Crippen LogP contribution >= 0.6 is 58.0 Å². The Morgan fingerprint density at radius 3 is 2.00 bits per heavy atom. The van der Waals surface area contributed by atoms with E-state index in [2.05, 4.69) is 15.4 Å². The fraction of sp³-hybridized carbons (Fsp3) is 0.750. The lowest BCUT2D eigenvalue weighted by Gasteiger charge is -2.24. The molecule has 0 aliphatic heterocycles. The van der Waals surface area contributed by atoms with Crippen LogP contribution in [0.2, 0.25) is 0 Å². The van der Waals surface area contributed by atoms with Gasteiger partial charge in [0, 0.05) is 0 Å². The molecule has 0 fully saturated rings. The molecule has 0 bridgehead atoms. The van der Waals surface area contributed by atoms with E-state index >= 15 is 0 Å². The molecule has 1 aromatic heterocycles. The predicted molar refractivity (Wildman–Crippen MR) is 52.5 cm³/mol. The first kappa shape index (κ1) is 11.6. The van der Waals surface area contributed by atoms with Crippen molar-refractivity contribution in [2.24, 2.45) is 0 Å². The van der Waals surface area contributed by atoms with Crippen molar-refractivity contribution in [1.82, 2.24) is 20.2 Å². The molecule has 13 heavy (non-hydrogen) atoms. The second kappa shape index (κ2) is 3.59. The van der Waals surface area contributed by atoms with Crippen molar-refractivity contribution in [2.45, 2.75) is 15.2 Å². The lowest BCUT2D eigenvalue weighted by molar-refractivity contribution is 0.459. The highest BCUT2D eigenvalue weighted by Gasteiger charge is 2.50. The molecule has 4 nitrogen and oxygen atoms in total. The number of halogens is 5. The smallest absolute Gasteiger partial charge is 0.134 e. The third-order valence-corrected chi connectivity index (χ3v) is 3.38. The third-order valence-electron chi connectivity index (χ3n) is 1.11. The van der Waals surface area contributed by atoms with Crippen LogP contribution in [0.15, 0.2) is 0 Å². The summed E-state index contributed by atoms with van der Waals surface area (Å²) in [5.74, 6) is 0.375. The van der Waals surface area contributed by atoms with Gasteiger partial charge in [-0.15, -0.1) is 15.0 Å². The van der Waals surface area contributed by atoms with Gasteiger partial charge in [0.2, 0.25) is 3.79 Å². The molecule has 1 heterocycles. The fourth-order valence-electron chi connectivity index (χ4n) is 0.517. The molecule has 0 unspecified atom stereocenters. The zero-order chi connectivity index (χ0) is 10.3. The molecule has 0 spiro atoms. The van der Waals surface area contributed by atoms with Crippen molar-refractivity contribution in [2.75, 3.05) is 0 Å². The summed E-state index contributed by atoms with van der Waals surface area (Å²) in [4.78, 5) is 0.832. The molecular weight excluding hydrogens is 281 g/mol. The second-order valence-corrected chi connectivity index (χ2v) is 5.73.